The molecular weight excluding hydrogens is 392 g/mol. The van der Waals surface area contributed by atoms with E-state index in [-0.39, 0.29) is 0 Å². The molecule has 1 aromatic heterocycles. The van der Waals surface area contributed by atoms with Gasteiger partial charge in [0.1, 0.15) is 11.8 Å². The molecule has 1 heterocycles. The summed E-state index contributed by atoms with van der Waals surface area (Å²) in [7, 11) is 4.72. The van der Waals surface area contributed by atoms with E-state index in [0.717, 1.165) is 22.2 Å². The molecule has 0 saturated carbocycles. The minimum atomic E-state index is 0.426. The topological polar surface area (TPSA) is 89.3 Å². The molecule has 0 amide bonds. The van der Waals surface area contributed by atoms with E-state index in [9.17, 15) is 5.26 Å². The van der Waals surface area contributed by atoms with E-state index in [1.165, 1.54) is 0 Å². The average Bonchev–Trinajstić information content (AvgIpc) is 2.82. The number of ether oxygens (including phenoxy) is 3. The van der Waals surface area contributed by atoms with E-state index in [1.807, 2.05) is 48.5 Å². The largest absolute Gasteiger partial charge is 0.495 e. The second-order valence-electron chi connectivity index (χ2n) is 6.63. The van der Waals surface area contributed by atoms with Crippen molar-refractivity contribution in [3.05, 3.63) is 66.2 Å². The van der Waals surface area contributed by atoms with Gasteiger partial charge in [-0.3, -0.25) is 0 Å². The Kier molecular flexibility index (Phi) is 5.54. The number of para-hydroxylation sites is 1. The maximum Gasteiger partial charge on any atom is 0.228 e. The summed E-state index contributed by atoms with van der Waals surface area (Å²) in [6.07, 6.45) is 0. The van der Waals surface area contributed by atoms with Gasteiger partial charge < -0.3 is 19.5 Å². The minimum absolute atomic E-state index is 0.426. The Morgan fingerprint density at radius 3 is 2.29 bits per heavy atom. The van der Waals surface area contributed by atoms with Crippen LogP contribution in [-0.2, 0) is 0 Å². The van der Waals surface area contributed by atoms with Crippen LogP contribution in [0.3, 0.4) is 0 Å². The van der Waals surface area contributed by atoms with Gasteiger partial charge >= 0.3 is 0 Å². The van der Waals surface area contributed by atoms with Crippen LogP contribution in [0.25, 0.3) is 22.2 Å². The first-order chi connectivity index (χ1) is 15.2. The third-order valence-electron chi connectivity index (χ3n) is 4.84. The summed E-state index contributed by atoms with van der Waals surface area (Å²) in [5.41, 5.74) is 3.49. The number of anilines is 2. The van der Waals surface area contributed by atoms with Crippen molar-refractivity contribution in [3.63, 3.8) is 0 Å². The molecule has 3 aromatic carbocycles. The molecule has 31 heavy (non-hydrogen) atoms. The second-order valence-corrected chi connectivity index (χ2v) is 6.63. The van der Waals surface area contributed by atoms with Gasteiger partial charge in [-0.25, -0.2) is 9.97 Å². The number of nitrogens with zero attached hydrogens (tertiary/aromatic N) is 3. The standard InChI is InChI=1S/C24H20N4O3/c1-29-20-10-8-15(12-16(20)14-25)23-18-6-4-5-7-19(18)27-24(28-23)26-17-9-11-21(30-2)22(13-17)31-3/h4-13H,1-3H3,(H,26,27,28). The van der Waals surface area contributed by atoms with E-state index in [1.54, 1.807) is 33.5 Å². The molecule has 7 nitrogen and oxygen atoms in total. The van der Waals surface area contributed by atoms with Gasteiger partial charge in [0.15, 0.2) is 11.5 Å². The predicted molar refractivity (Wildman–Crippen MR) is 119 cm³/mol. The Morgan fingerprint density at radius 2 is 1.55 bits per heavy atom. The number of fused-ring (bicyclic) bond motifs is 1. The van der Waals surface area contributed by atoms with Crippen LogP contribution in [0.1, 0.15) is 5.56 Å². The van der Waals surface area contributed by atoms with Gasteiger partial charge in [0.25, 0.3) is 0 Å². The fourth-order valence-electron chi connectivity index (χ4n) is 3.34. The lowest BCUT2D eigenvalue weighted by atomic mass is 10.0. The summed E-state index contributed by atoms with van der Waals surface area (Å²) in [4.78, 5) is 9.40. The Morgan fingerprint density at radius 1 is 0.806 bits per heavy atom. The van der Waals surface area contributed by atoms with Gasteiger partial charge in [-0.1, -0.05) is 18.2 Å². The number of benzene rings is 3. The summed E-state index contributed by atoms with van der Waals surface area (Å²) in [5, 5.41) is 13.6. The minimum Gasteiger partial charge on any atom is -0.495 e. The molecule has 7 heteroatoms. The first kappa shape index (κ1) is 20.0. The van der Waals surface area contributed by atoms with Gasteiger partial charge in [-0.15, -0.1) is 0 Å². The van der Waals surface area contributed by atoms with Crippen molar-refractivity contribution >= 4 is 22.5 Å². The molecule has 0 unspecified atom stereocenters. The average molecular weight is 412 g/mol. The Labute approximate surface area is 179 Å². The van der Waals surface area contributed by atoms with Gasteiger partial charge in [-0.05, 0) is 36.4 Å². The van der Waals surface area contributed by atoms with Crippen LogP contribution in [0.4, 0.5) is 11.6 Å². The van der Waals surface area contributed by atoms with Crippen molar-refractivity contribution in [2.24, 2.45) is 0 Å². The summed E-state index contributed by atoms with van der Waals surface area (Å²) in [6.45, 7) is 0. The first-order valence-electron chi connectivity index (χ1n) is 9.51. The molecule has 0 fully saturated rings. The maximum absolute atomic E-state index is 9.48. The number of rotatable bonds is 6. The van der Waals surface area contributed by atoms with Crippen LogP contribution in [0.15, 0.2) is 60.7 Å². The quantitative estimate of drug-likeness (QED) is 0.480. The molecule has 1 N–H and O–H groups in total. The number of aromatic nitrogens is 2. The molecule has 4 aromatic rings. The van der Waals surface area contributed by atoms with Crippen molar-refractivity contribution in [3.8, 4) is 34.6 Å². The lowest BCUT2D eigenvalue weighted by Gasteiger charge is -2.13. The highest BCUT2D eigenvalue weighted by Crippen LogP contribution is 2.33. The zero-order chi connectivity index (χ0) is 21.8. The Hall–Kier alpha value is -4.31. The zero-order valence-electron chi connectivity index (χ0n) is 17.3. The van der Waals surface area contributed by atoms with Crippen LogP contribution in [-0.4, -0.2) is 31.3 Å². The van der Waals surface area contributed by atoms with Crippen LogP contribution < -0.4 is 19.5 Å². The van der Waals surface area contributed by atoms with Crippen molar-refractivity contribution in [2.75, 3.05) is 26.6 Å². The molecule has 0 radical (unpaired) electrons. The Bertz CT molecular complexity index is 1300. The zero-order valence-corrected chi connectivity index (χ0v) is 17.3. The number of hydrogen-bond acceptors (Lipinski definition) is 7. The molecule has 0 saturated heterocycles. The summed E-state index contributed by atoms with van der Waals surface area (Å²) in [6, 6.07) is 20.8. The van der Waals surface area contributed by atoms with Crippen molar-refractivity contribution in [1.82, 2.24) is 9.97 Å². The summed E-state index contributed by atoms with van der Waals surface area (Å²) >= 11 is 0. The molecule has 0 spiro atoms. The molecule has 0 aliphatic heterocycles. The van der Waals surface area contributed by atoms with Crippen molar-refractivity contribution in [1.29, 1.82) is 5.26 Å². The number of nitrogens with one attached hydrogen (secondary N) is 1. The third-order valence-corrected chi connectivity index (χ3v) is 4.84. The van der Waals surface area contributed by atoms with Crippen LogP contribution >= 0.6 is 0 Å². The fourth-order valence-corrected chi connectivity index (χ4v) is 3.34. The molecule has 0 atom stereocenters. The van der Waals surface area contributed by atoms with Gasteiger partial charge in [-0.2, -0.15) is 5.26 Å². The normalized spacial score (nSPS) is 10.4. The van der Waals surface area contributed by atoms with Crippen LogP contribution in [0.5, 0.6) is 17.2 Å². The number of nitriles is 1. The highest BCUT2D eigenvalue weighted by molar-refractivity contribution is 5.93. The summed E-state index contributed by atoms with van der Waals surface area (Å²) in [5.74, 6) is 2.18. The smallest absolute Gasteiger partial charge is 0.228 e. The van der Waals surface area contributed by atoms with E-state index in [2.05, 4.69) is 16.4 Å². The van der Waals surface area contributed by atoms with Gasteiger partial charge in [0, 0.05) is 22.7 Å². The van der Waals surface area contributed by atoms with E-state index < -0.39 is 0 Å². The lowest BCUT2D eigenvalue weighted by Crippen LogP contribution is -2.01. The number of hydrogen-bond donors (Lipinski definition) is 1. The molecule has 4 rings (SSSR count). The predicted octanol–water partition coefficient (Wildman–Crippen LogP) is 4.94. The SMILES string of the molecule is COc1ccc(-c2nc(Nc3ccc(OC)c(OC)c3)nc3ccccc23)cc1C#N. The monoisotopic (exact) mass is 412 g/mol. The molecule has 0 aliphatic carbocycles. The molecule has 154 valence electrons. The second kappa shape index (κ2) is 8.59. The maximum atomic E-state index is 9.48. The van der Waals surface area contributed by atoms with Crippen LogP contribution in [0, 0.1) is 11.3 Å². The number of methoxy groups -OCH3 is 3. The molecular formula is C24H20N4O3. The highest BCUT2D eigenvalue weighted by atomic mass is 16.5. The van der Waals surface area contributed by atoms with E-state index >= 15 is 0 Å². The van der Waals surface area contributed by atoms with E-state index in [0.29, 0.717) is 34.5 Å². The van der Waals surface area contributed by atoms with Crippen molar-refractivity contribution in [2.45, 2.75) is 0 Å². The lowest BCUT2D eigenvalue weighted by molar-refractivity contribution is 0.355. The van der Waals surface area contributed by atoms with Gasteiger partial charge in [0.05, 0.1) is 38.1 Å². The highest BCUT2D eigenvalue weighted by Gasteiger charge is 2.13. The Balaban J connectivity index is 1.82. The first-order valence-corrected chi connectivity index (χ1v) is 9.51. The third kappa shape index (κ3) is 3.91. The van der Waals surface area contributed by atoms with Gasteiger partial charge in [0.2, 0.25) is 5.95 Å². The molecule has 0 bridgehead atoms. The molecule has 0 aliphatic rings. The fraction of sp³-hybridized carbons (Fsp3) is 0.125. The summed E-state index contributed by atoms with van der Waals surface area (Å²) < 4.78 is 15.9. The van der Waals surface area contributed by atoms with E-state index in [4.69, 9.17) is 19.2 Å². The van der Waals surface area contributed by atoms with Crippen molar-refractivity contribution < 1.29 is 14.2 Å². The van der Waals surface area contributed by atoms with Crippen LogP contribution in [0.2, 0.25) is 0 Å².